The van der Waals surface area contributed by atoms with Gasteiger partial charge in [-0.1, -0.05) is 0 Å². The summed E-state index contributed by atoms with van der Waals surface area (Å²) < 4.78 is 0. The number of likely N-dealkylation sites (tertiary alicyclic amines) is 1. The second-order valence-electron chi connectivity index (χ2n) is 6.70. The normalized spacial score (nSPS) is 20.3. The summed E-state index contributed by atoms with van der Waals surface area (Å²) in [5.74, 6) is -5.20. The van der Waals surface area contributed by atoms with Gasteiger partial charge in [0.1, 0.15) is 12.1 Å². The molecule has 0 radical (unpaired) electrons. The predicted molar refractivity (Wildman–Crippen MR) is 102 cm³/mol. The molecule has 12 nitrogen and oxygen atoms in total. The van der Waals surface area contributed by atoms with Gasteiger partial charge in [0.2, 0.25) is 17.7 Å². The molecule has 29 heavy (non-hydrogen) atoms. The van der Waals surface area contributed by atoms with E-state index in [-0.39, 0.29) is 12.3 Å². The second kappa shape index (κ2) is 11.0. The summed E-state index contributed by atoms with van der Waals surface area (Å²) in [6, 6.07) is -5.14. The zero-order chi connectivity index (χ0) is 22.3. The molecule has 0 aliphatic carbocycles. The Morgan fingerprint density at radius 1 is 1.21 bits per heavy atom. The predicted octanol–water partition coefficient (Wildman–Crippen LogP) is -2.86. The monoisotopic (exact) mass is 434 g/mol. The van der Waals surface area contributed by atoms with Gasteiger partial charge in [-0.15, -0.1) is 0 Å². The van der Waals surface area contributed by atoms with Crippen LogP contribution >= 0.6 is 12.6 Å². The fraction of sp³-hybridized carbons (Fsp3) is 0.688. The van der Waals surface area contributed by atoms with E-state index in [2.05, 4.69) is 17.9 Å². The summed E-state index contributed by atoms with van der Waals surface area (Å²) in [5.41, 5.74) is 5.67. The van der Waals surface area contributed by atoms with E-state index in [0.717, 1.165) is 6.92 Å². The fourth-order valence-corrected chi connectivity index (χ4v) is 3.04. The molecule has 0 aromatic carbocycles. The molecule has 0 saturated carbocycles. The van der Waals surface area contributed by atoms with E-state index < -0.39 is 66.4 Å². The molecule has 5 atom stereocenters. The third-order valence-corrected chi connectivity index (χ3v) is 4.80. The average Bonchev–Trinajstić information content (AvgIpc) is 3.12. The maximum absolute atomic E-state index is 12.6. The molecule has 1 rings (SSSR count). The number of amides is 3. The number of hydrogen-bond donors (Lipinski definition) is 7. The highest BCUT2D eigenvalue weighted by molar-refractivity contribution is 7.80. The highest BCUT2D eigenvalue weighted by Gasteiger charge is 2.38. The number of hydrogen-bond acceptors (Lipinski definition) is 8. The number of nitrogens with one attached hydrogen (secondary N) is 2. The average molecular weight is 434 g/mol. The number of carboxylic acid groups (broad SMARTS) is 2. The molecule has 1 heterocycles. The number of carbonyl (C=O) groups excluding carboxylic acids is 3. The van der Waals surface area contributed by atoms with Crippen molar-refractivity contribution in [1.29, 1.82) is 0 Å². The number of aliphatic carboxylic acids is 2. The molecule has 7 N–H and O–H groups in total. The summed E-state index contributed by atoms with van der Waals surface area (Å²) >= 11 is 3.95. The minimum atomic E-state index is -1.69. The van der Waals surface area contributed by atoms with Gasteiger partial charge in [0.15, 0.2) is 6.04 Å². The molecule has 1 fully saturated rings. The van der Waals surface area contributed by atoms with Crippen LogP contribution in [0.2, 0.25) is 0 Å². The van der Waals surface area contributed by atoms with Crippen molar-refractivity contribution in [2.24, 2.45) is 5.73 Å². The topological polar surface area (TPSA) is 199 Å². The minimum absolute atomic E-state index is 0.0731. The van der Waals surface area contributed by atoms with E-state index in [1.54, 1.807) is 0 Å². The molecule has 3 amide bonds. The van der Waals surface area contributed by atoms with Gasteiger partial charge in [-0.25, -0.2) is 4.79 Å². The van der Waals surface area contributed by atoms with Crippen molar-refractivity contribution in [3.8, 4) is 0 Å². The summed E-state index contributed by atoms with van der Waals surface area (Å²) in [6.07, 6.45) is -1.46. The largest absolute Gasteiger partial charge is 0.481 e. The maximum atomic E-state index is 12.6. The van der Waals surface area contributed by atoms with Gasteiger partial charge in [0.25, 0.3) is 0 Å². The first-order valence-corrected chi connectivity index (χ1v) is 9.53. The molecule has 1 aliphatic rings. The van der Waals surface area contributed by atoms with E-state index in [4.69, 9.17) is 15.9 Å². The zero-order valence-corrected chi connectivity index (χ0v) is 16.7. The van der Waals surface area contributed by atoms with Gasteiger partial charge in [-0.2, -0.15) is 12.6 Å². The molecular formula is C16H26N4O8S. The Kier molecular flexibility index (Phi) is 9.33. The number of rotatable bonds is 10. The lowest BCUT2D eigenvalue weighted by molar-refractivity contribution is -0.146. The molecule has 0 spiro atoms. The number of nitrogens with zero attached hydrogens (tertiary/aromatic N) is 1. The Morgan fingerprint density at radius 2 is 1.83 bits per heavy atom. The van der Waals surface area contributed by atoms with Gasteiger partial charge < -0.3 is 36.6 Å². The molecule has 5 unspecified atom stereocenters. The van der Waals surface area contributed by atoms with Crippen LogP contribution in [0.25, 0.3) is 0 Å². The van der Waals surface area contributed by atoms with E-state index in [1.165, 1.54) is 4.90 Å². The van der Waals surface area contributed by atoms with E-state index >= 15 is 0 Å². The minimum Gasteiger partial charge on any atom is -0.481 e. The van der Waals surface area contributed by atoms with Gasteiger partial charge in [0, 0.05) is 12.3 Å². The summed E-state index contributed by atoms with van der Waals surface area (Å²) in [7, 11) is 0. The van der Waals surface area contributed by atoms with Crippen LogP contribution in [0.5, 0.6) is 0 Å². The van der Waals surface area contributed by atoms with E-state index in [0.29, 0.717) is 12.8 Å². The molecule has 1 aliphatic heterocycles. The smallest absolute Gasteiger partial charge is 0.328 e. The van der Waals surface area contributed by atoms with Crippen LogP contribution in [0.1, 0.15) is 26.2 Å². The van der Waals surface area contributed by atoms with Crippen LogP contribution in [0.15, 0.2) is 0 Å². The Labute approximate surface area is 172 Å². The van der Waals surface area contributed by atoms with Crippen LogP contribution < -0.4 is 16.4 Å². The fourth-order valence-electron chi connectivity index (χ4n) is 2.89. The van der Waals surface area contributed by atoms with Crippen LogP contribution in [0.3, 0.4) is 0 Å². The first-order valence-electron chi connectivity index (χ1n) is 8.89. The molecule has 164 valence electrons. The summed E-state index contributed by atoms with van der Waals surface area (Å²) in [6.45, 7) is 1.41. The van der Waals surface area contributed by atoms with Gasteiger partial charge in [0.05, 0.1) is 18.6 Å². The lowest BCUT2D eigenvalue weighted by Crippen LogP contribution is -2.58. The van der Waals surface area contributed by atoms with Gasteiger partial charge >= 0.3 is 11.9 Å². The third kappa shape index (κ3) is 6.87. The molecule has 0 aromatic heterocycles. The second-order valence-corrected chi connectivity index (χ2v) is 7.07. The molecule has 1 saturated heterocycles. The SMILES string of the molecule is CC(O)C(NC(=O)C(CC(=O)O)NC(=O)C1CCCN1C(=O)C(N)CS)C(=O)O. The first-order chi connectivity index (χ1) is 13.5. The Balaban J connectivity index is 2.92. The van der Waals surface area contributed by atoms with Crippen molar-refractivity contribution in [1.82, 2.24) is 15.5 Å². The molecule has 0 aromatic rings. The van der Waals surface area contributed by atoms with E-state index in [1.807, 2.05) is 5.32 Å². The summed E-state index contributed by atoms with van der Waals surface area (Å²) in [5, 5.41) is 31.8. The third-order valence-electron chi connectivity index (χ3n) is 4.41. The van der Waals surface area contributed by atoms with Crippen molar-refractivity contribution in [2.45, 2.75) is 56.5 Å². The number of nitrogens with two attached hydrogens (primary N) is 1. The maximum Gasteiger partial charge on any atom is 0.328 e. The standard InChI is InChI=1S/C16H26N4O8S/c1-7(21)12(16(27)28)19-13(24)9(5-11(22)23)18-14(25)10-3-2-4-20(10)15(26)8(17)6-29/h7-10,12,21,29H,2-6,17H2,1H3,(H,18,25)(H,19,24)(H,22,23)(H,27,28). The Bertz CT molecular complexity index is 659. The number of aliphatic hydroxyl groups excluding tert-OH is 1. The van der Waals surface area contributed by atoms with Crippen molar-refractivity contribution >= 4 is 42.3 Å². The quantitative estimate of drug-likeness (QED) is 0.177. The Morgan fingerprint density at radius 3 is 2.31 bits per heavy atom. The highest BCUT2D eigenvalue weighted by Crippen LogP contribution is 2.19. The highest BCUT2D eigenvalue weighted by atomic mass is 32.1. The van der Waals surface area contributed by atoms with Crippen molar-refractivity contribution in [3.05, 3.63) is 0 Å². The van der Waals surface area contributed by atoms with Crippen LogP contribution in [0.4, 0.5) is 0 Å². The number of aliphatic hydroxyl groups is 1. The number of carboxylic acids is 2. The first kappa shape index (κ1) is 24.7. The van der Waals surface area contributed by atoms with Crippen LogP contribution in [-0.4, -0.2) is 92.4 Å². The van der Waals surface area contributed by atoms with Crippen molar-refractivity contribution in [3.63, 3.8) is 0 Å². The van der Waals surface area contributed by atoms with Crippen LogP contribution in [-0.2, 0) is 24.0 Å². The number of carbonyl (C=O) groups is 5. The van der Waals surface area contributed by atoms with E-state index in [9.17, 15) is 29.1 Å². The number of thiol groups is 1. The summed E-state index contributed by atoms with van der Waals surface area (Å²) in [4.78, 5) is 60.7. The zero-order valence-electron chi connectivity index (χ0n) is 15.8. The molecular weight excluding hydrogens is 408 g/mol. The lowest BCUT2D eigenvalue weighted by atomic mass is 10.1. The van der Waals surface area contributed by atoms with Crippen LogP contribution in [0, 0.1) is 0 Å². The lowest BCUT2D eigenvalue weighted by Gasteiger charge is -2.28. The molecule has 13 heteroatoms. The van der Waals surface area contributed by atoms with Crippen molar-refractivity contribution in [2.75, 3.05) is 12.3 Å². The van der Waals surface area contributed by atoms with Gasteiger partial charge in [-0.3, -0.25) is 19.2 Å². The Hall–Kier alpha value is -2.38. The van der Waals surface area contributed by atoms with Gasteiger partial charge in [-0.05, 0) is 19.8 Å². The van der Waals surface area contributed by atoms with Crippen molar-refractivity contribution < 1.29 is 39.3 Å². The molecule has 0 bridgehead atoms.